The number of amides is 2. The van der Waals surface area contributed by atoms with Crippen molar-refractivity contribution >= 4 is 29.0 Å². The van der Waals surface area contributed by atoms with Crippen LogP contribution in [0.3, 0.4) is 0 Å². The fourth-order valence-electron chi connectivity index (χ4n) is 3.47. The maximum Gasteiger partial charge on any atom is 0.293 e. The van der Waals surface area contributed by atoms with E-state index in [-0.39, 0.29) is 17.8 Å². The van der Waals surface area contributed by atoms with Gasteiger partial charge in [0.15, 0.2) is 11.5 Å². The molecule has 6 nitrogen and oxygen atoms in total. The molecular formula is C26H26N2O4S. The molecule has 170 valence electrons. The summed E-state index contributed by atoms with van der Waals surface area (Å²) in [6, 6.07) is 13.2. The quantitative estimate of drug-likeness (QED) is 0.332. The first-order chi connectivity index (χ1) is 16.0. The molecule has 33 heavy (non-hydrogen) atoms. The number of benzene rings is 2. The van der Waals surface area contributed by atoms with Crippen molar-refractivity contribution < 1.29 is 19.1 Å². The summed E-state index contributed by atoms with van der Waals surface area (Å²) in [6.07, 6.45) is 4.71. The molecule has 2 aromatic rings. The lowest BCUT2D eigenvalue weighted by Gasteiger charge is -2.17. The molecule has 1 saturated heterocycles. The van der Waals surface area contributed by atoms with Crippen LogP contribution in [0.2, 0.25) is 0 Å². The number of carbonyl (C=O) groups excluding carboxylic acids is 2. The standard InChI is InChI=1S/C26H26N2O4S/c1-4-9-19-13-18(15-23-25(29)28(12-5-2)26(30)33-23)14-22(31-6-3)24(19)32-17-21-11-8-7-10-20(21)16-27/h4,7-8,10-11,13-15H,1,5-6,9,12,17H2,2-3H3/b23-15-. The van der Waals surface area contributed by atoms with Crippen molar-refractivity contribution in [2.75, 3.05) is 13.2 Å². The van der Waals surface area contributed by atoms with E-state index in [0.29, 0.717) is 48.0 Å². The third-order valence-corrected chi connectivity index (χ3v) is 5.85. The highest BCUT2D eigenvalue weighted by Gasteiger charge is 2.34. The molecule has 0 aliphatic carbocycles. The summed E-state index contributed by atoms with van der Waals surface area (Å²) < 4.78 is 12.0. The Morgan fingerprint density at radius 2 is 1.94 bits per heavy atom. The lowest BCUT2D eigenvalue weighted by Crippen LogP contribution is -2.28. The van der Waals surface area contributed by atoms with Crippen molar-refractivity contribution in [3.05, 3.63) is 76.2 Å². The largest absolute Gasteiger partial charge is 0.490 e. The molecule has 3 rings (SSSR count). The number of hydrogen-bond acceptors (Lipinski definition) is 6. The van der Waals surface area contributed by atoms with E-state index < -0.39 is 0 Å². The van der Waals surface area contributed by atoms with Crippen LogP contribution in [-0.2, 0) is 17.8 Å². The molecule has 2 aromatic carbocycles. The van der Waals surface area contributed by atoms with Crippen molar-refractivity contribution in [3.8, 4) is 17.6 Å². The summed E-state index contributed by atoms with van der Waals surface area (Å²) in [7, 11) is 0. The molecule has 1 aliphatic heterocycles. The first-order valence-corrected chi connectivity index (χ1v) is 11.6. The van der Waals surface area contributed by atoms with Gasteiger partial charge < -0.3 is 9.47 Å². The van der Waals surface area contributed by atoms with Gasteiger partial charge in [0.25, 0.3) is 11.1 Å². The smallest absolute Gasteiger partial charge is 0.293 e. The Hall–Kier alpha value is -3.50. The van der Waals surface area contributed by atoms with Gasteiger partial charge in [0, 0.05) is 17.7 Å². The van der Waals surface area contributed by atoms with E-state index in [1.54, 1.807) is 24.3 Å². The van der Waals surface area contributed by atoms with Crippen molar-refractivity contribution in [2.24, 2.45) is 0 Å². The number of rotatable bonds is 10. The first-order valence-electron chi connectivity index (χ1n) is 10.8. The third-order valence-electron chi connectivity index (χ3n) is 4.95. The van der Waals surface area contributed by atoms with Crippen LogP contribution in [0.4, 0.5) is 4.79 Å². The molecule has 0 radical (unpaired) electrons. The fraction of sp³-hybridized carbons (Fsp3) is 0.269. The van der Waals surface area contributed by atoms with Crippen LogP contribution in [0.15, 0.2) is 54.0 Å². The van der Waals surface area contributed by atoms with Crippen LogP contribution in [0.1, 0.15) is 42.5 Å². The fourth-order valence-corrected chi connectivity index (χ4v) is 4.34. The number of thioether (sulfide) groups is 1. The van der Waals surface area contributed by atoms with Gasteiger partial charge >= 0.3 is 0 Å². The second-order valence-electron chi connectivity index (χ2n) is 7.32. The van der Waals surface area contributed by atoms with E-state index in [1.165, 1.54) is 4.90 Å². The van der Waals surface area contributed by atoms with Crippen LogP contribution in [0.5, 0.6) is 11.5 Å². The second kappa shape index (κ2) is 11.4. The maximum absolute atomic E-state index is 12.6. The number of imide groups is 1. The number of ether oxygens (including phenoxy) is 2. The Bertz CT molecular complexity index is 1130. The van der Waals surface area contributed by atoms with Gasteiger partial charge in [0.05, 0.1) is 23.1 Å². The van der Waals surface area contributed by atoms with Crippen LogP contribution < -0.4 is 9.47 Å². The molecule has 0 spiro atoms. The van der Waals surface area contributed by atoms with Crippen molar-refractivity contribution in [1.29, 1.82) is 5.26 Å². The SMILES string of the molecule is C=CCc1cc(/C=C2\SC(=O)N(CCC)C2=O)cc(OCC)c1OCc1ccccc1C#N. The van der Waals surface area contributed by atoms with Gasteiger partial charge in [0.1, 0.15) is 6.61 Å². The molecule has 0 saturated carbocycles. The lowest BCUT2D eigenvalue weighted by atomic mass is 10.0. The summed E-state index contributed by atoms with van der Waals surface area (Å²) in [5, 5.41) is 9.10. The normalized spacial score (nSPS) is 14.5. The van der Waals surface area contributed by atoms with E-state index >= 15 is 0 Å². The molecule has 0 N–H and O–H groups in total. The predicted molar refractivity (Wildman–Crippen MR) is 130 cm³/mol. The Kier molecular flexibility index (Phi) is 8.34. The highest BCUT2D eigenvalue weighted by Crippen LogP contribution is 2.38. The van der Waals surface area contributed by atoms with E-state index in [0.717, 1.165) is 28.5 Å². The topological polar surface area (TPSA) is 79.6 Å². The Morgan fingerprint density at radius 3 is 2.64 bits per heavy atom. The summed E-state index contributed by atoms with van der Waals surface area (Å²) in [6.45, 7) is 8.69. The molecule has 0 aromatic heterocycles. The monoisotopic (exact) mass is 462 g/mol. The molecule has 7 heteroatoms. The predicted octanol–water partition coefficient (Wildman–Crippen LogP) is 5.71. The van der Waals surface area contributed by atoms with Gasteiger partial charge in [-0.15, -0.1) is 6.58 Å². The van der Waals surface area contributed by atoms with Crippen LogP contribution in [-0.4, -0.2) is 29.2 Å². The zero-order chi connectivity index (χ0) is 23.8. The average Bonchev–Trinajstić information content (AvgIpc) is 3.07. The zero-order valence-corrected chi connectivity index (χ0v) is 19.6. The van der Waals surface area contributed by atoms with Gasteiger partial charge in [-0.25, -0.2) is 0 Å². The van der Waals surface area contributed by atoms with E-state index in [4.69, 9.17) is 9.47 Å². The first kappa shape index (κ1) is 24.1. The number of nitriles is 1. The number of hydrogen-bond donors (Lipinski definition) is 0. The van der Waals surface area contributed by atoms with Crippen LogP contribution in [0, 0.1) is 11.3 Å². The molecular weight excluding hydrogens is 436 g/mol. The number of carbonyl (C=O) groups is 2. The lowest BCUT2D eigenvalue weighted by molar-refractivity contribution is -0.122. The Morgan fingerprint density at radius 1 is 1.15 bits per heavy atom. The van der Waals surface area contributed by atoms with Crippen molar-refractivity contribution in [2.45, 2.75) is 33.3 Å². The van der Waals surface area contributed by atoms with Gasteiger partial charge in [-0.1, -0.05) is 31.2 Å². The van der Waals surface area contributed by atoms with Gasteiger partial charge in [-0.2, -0.15) is 5.26 Å². The zero-order valence-electron chi connectivity index (χ0n) is 18.8. The van der Waals surface area contributed by atoms with Gasteiger partial charge in [0.2, 0.25) is 0 Å². The molecule has 1 heterocycles. The van der Waals surface area contributed by atoms with Crippen LogP contribution in [0.25, 0.3) is 6.08 Å². The summed E-state index contributed by atoms with van der Waals surface area (Å²) in [5.74, 6) is 0.828. The van der Waals surface area contributed by atoms with E-state index in [9.17, 15) is 14.9 Å². The van der Waals surface area contributed by atoms with Gasteiger partial charge in [-0.3, -0.25) is 14.5 Å². The molecule has 0 atom stereocenters. The number of allylic oxidation sites excluding steroid dienone is 1. The van der Waals surface area contributed by atoms with Gasteiger partial charge in [-0.05, 0) is 61.4 Å². The summed E-state index contributed by atoms with van der Waals surface area (Å²) in [4.78, 5) is 26.5. The molecule has 0 unspecified atom stereocenters. The van der Waals surface area contributed by atoms with Crippen molar-refractivity contribution in [3.63, 3.8) is 0 Å². The third kappa shape index (κ3) is 5.65. The van der Waals surface area contributed by atoms with E-state index in [2.05, 4.69) is 12.6 Å². The van der Waals surface area contributed by atoms with Crippen LogP contribution >= 0.6 is 11.8 Å². The summed E-state index contributed by atoms with van der Waals surface area (Å²) in [5.41, 5.74) is 2.91. The average molecular weight is 463 g/mol. The van der Waals surface area contributed by atoms with Crippen molar-refractivity contribution in [1.82, 2.24) is 4.90 Å². The Labute approximate surface area is 198 Å². The highest BCUT2D eigenvalue weighted by molar-refractivity contribution is 8.18. The molecule has 2 amide bonds. The van der Waals surface area contributed by atoms with E-state index in [1.807, 2.05) is 38.1 Å². The second-order valence-corrected chi connectivity index (χ2v) is 8.32. The minimum atomic E-state index is -0.275. The Balaban J connectivity index is 1.96. The minimum Gasteiger partial charge on any atom is -0.490 e. The maximum atomic E-state index is 12.6. The molecule has 1 aliphatic rings. The summed E-state index contributed by atoms with van der Waals surface area (Å²) >= 11 is 0.947. The number of nitrogens with zero attached hydrogens (tertiary/aromatic N) is 2. The highest BCUT2D eigenvalue weighted by atomic mass is 32.2. The molecule has 0 bridgehead atoms. The minimum absolute atomic E-state index is 0.212. The molecule has 1 fully saturated rings.